The molecule has 6 nitrogen and oxygen atoms in total. The van der Waals surface area contributed by atoms with Gasteiger partial charge in [-0.1, -0.05) is 60.7 Å². The van der Waals surface area contributed by atoms with E-state index in [2.05, 4.69) is 27.5 Å². The number of aromatic amines is 1. The summed E-state index contributed by atoms with van der Waals surface area (Å²) in [5.41, 5.74) is 5.09. The van der Waals surface area contributed by atoms with Crippen molar-refractivity contribution in [3.8, 4) is 11.3 Å². The third-order valence-electron chi connectivity index (χ3n) is 4.95. The van der Waals surface area contributed by atoms with Gasteiger partial charge in [0.25, 0.3) is 0 Å². The minimum atomic E-state index is -0.0317. The van der Waals surface area contributed by atoms with Crippen LogP contribution < -0.4 is 5.32 Å². The highest BCUT2D eigenvalue weighted by molar-refractivity contribution is 5.90. The minimum Gasteiger partial charge on any atom is -0.375 e. The fraction of sp³-hybridized carbons (Fsp3) is 0.200. The maximum Gasteiger partial charge on any atom is 0.224 e. The third-order valence-corrected chi connectivity index (χ3v) is 4.95. The molecular formula is C25H26N4O2. The Morgan fingerprint density at radius 3 is 2.58 bits per heavy atom. The van der Waals surface area contributed by atoms with Crippen LogP contribution in [0.1, 0.15) is 17.7 Å². The first-order valence-electron chi connectivity index (χ1n) is 10.4. The van der Waals surface area contributed by atoms with E-state index in [1.165, 1.54) is 0 Å². The van der Waals surface area contributed by atoms with Crippen molar-refractivity contribution < 1.29 is 9.53 Å². The normalized spacial score (nSPS) is 10.8. The molecule has 0 radical (unpaired) electrons. The van der Waals surface area contributed by atoms with Gasteiger partial charge in [-0.05, 0) is 29.7 Å². The molecule has 2 heterocycles. The average molecular weight is 415 g/mol. The maximum absolute atomic E-state index is 12.3. The molecule has 2 N–H and O–H groups in total. The van der Waals surface area contributed by atoms with Crippen LogP contribution in [0.15, 0.2) is 85.2 Å². The number of nitrogens with zero attached hydrogens (tertiary/aromatic N) is 2. The van der Waals surface area contributed by atoms with Gasteiger partial charge in [0.05, 0.1) is 31.6 Å². The Morgan fingerprint density at radius 1 is 1.00 bits per heavy atom. The Kier molecular flexibility index (Phi) is 6.92. The molecule has 4 rings (SSSR count). The Hall–Kier alpha value is -3.64. The number of carbonyl (C=O) groups is 1. The van der Waals surface area contributed by atoms with Gasteiger partial charge in [-0.2, -0.15) is 5.10 Å². The molecule has 0 saturated carbocycles. The number of ether oxygens (including phenoxy) is 1. The Balaban J connectivity index is 1.18. The fourth-order valence-electron chi connectivity index (χ4n) is 3.32. The number of benzene rings is 2. The molecule has 2 aromatic heterocycles. The number of aromatic nitrogens is 3. The van der Waals surface area contributed by atoms with E-state index in [4.69, 9.17) is 4.74 Å². The van der Waals surface area contributed by atoms with E-state index in [0.29, 0.717) is 38.3 Å². The summed E-state index contributed by atoms with van der Waals surface area (Å²) < 4.78 is 7.46. The van der Waals surface area contributed by atoms with Crippen LogP contribution in [0.2, 0.25) is 0 Å². The number of hydrogen-bond acceptors (Lipinski definition) is 3. The van der Waals surface area contributed by atoms with Crippen LogP contribution in [0.5, 0.6) is 0 Å². The highest BCUT2D eigenvalue weighted by Crippen LogP contribution is 2.18. The molecule has 0 saturated heterocycles. The first kappa shape index (κ1) is 20.6. The SMILES string of the molecule is O=C(CCc1ccc(-c2ccccc2)[nH]1)Nc1cnn(CCOCc2ccccc2)c1. The largest absolute Gasteiger partial charge is 0.375 e. The number of rotatable bonds is 10. The van der Waals surface area contributed by atoms with Gasteiger partial charge in [-0.3, -0.25) is 9.48 Å². The van der Waals surface area contributed by atoms with Crippen molar-refractivity contribution >= 4 is 11.6 Å². The zero-order valence-corrected chi connectivity index (χ0v) is 17.3. The van der Waals surface area contributed by atoms with Crippen molar-refractivity contribution in [2.75, 3.05) is 11.9 Å². The highest BCUT2D eigenvalue weighted by atomic mass is 16.5. The molecule has 0 aliphatic heterocycles. The molecule has 0 atom stereocenters. The van der Waals surface area contributed by atoms with Gasteiger partial charge >= 0.3 is 0 Å². The molecule has 0 aliphatic carbocycles. The molecule has 0 aliphatic rings. The summed E-state index contributed by atoms with van der Waals surface area (Å²) in [6.45, 7) is 1.77. The van der Waals surface area contributed by atoms with Crippen molar-refractivity contribution in [2.24, 2.45) is 0 Å². The third kappa shape index (κ3) is 6.17. The molecule has 1 amide bonds. The van der Waals surface area contributed by atoms with Crippen LogP contribution in [-0.2, 0) is 29.1 Å². The van der Waals surface area contributed by atoms with Gasteiger partial charge in [-0.15, -0.1) is 0 Å². The number of carbonyl (C=O) groups excluding carboxylic acids is 1. The second kappa shape index (κ2) is 10.4. The van der Waals surface area contributed by atoms with Gasteiger partial charge in [0.1, 0.15) is 0 Å². The molecule has 2 aromatic carbocycles. The van der Waals surface area contributed by atoms with E-state index in [0.717, 1.165) is 22.5 Å². The minimum absolute atomic E-state index is 0.0317. The van der Waals surface area contributed by atoms with E-state index in [9.17, 15) is 4.79 Å². The number of H-pyrrole nitrogens is 1. The van der Waals surface area contributed by atoms with E-state index in [1.807, 2.05) is 66.9 Å². The first-order valence-corrected chi connectivity index (χ1v) is 10.4. The Morgan fingerprint density at radius 2 is 1.77 bits per heavy atom. The summed E-state index contributed by atoms with van der Waals surface area (Å²) in [7, 11) is 0. The summed E-state index contributed by atoms with van der Waals surface area (Å²) in [6.07, 6.45) is 4.55. The van der Waals surface area contributed by atoms with Crippen molar-refractivity contribution in [3.63, 3.8) is 0 Å². The van der Waals surface area contributed by atoms with Gasteiger partial charge in [-0.25, -0.2) is 0 Å². The van der Waals surface area contributed by atoms with E-state index in [-0.39, 0.29) is 5.91 Å². The van der Waals surface area contributed by atoms with Crippen LogP contribution in [0.4, 0.5) is 5.69 Å². The van der Waals surface area contributed by atoms with Crippen molar-refractivity contribution in [2.45, 2.75) is 26.0 Å². The lowest BCUT2D eigenvalue weighted by Crippen LogP contribution is -2.12. The fourth-order valence-corrected chi connectivity index (χ4v) is 3.32. The molecule has 31 heavy (non-hydrogen) atoms. The zero-order valence-electron chi connectivity index (χ0n) is 17.3. The van der Waals surface area contributed by atoms with Crippen molar-refractivity contribution in [1.82, 2.24) is 14.8 Å². The smallest absolute Gasteiger partial charge is 0.224 e. The Bertz CT molecular complexity index is 1090. The number of amides is 1. The lowest BCUT2D eigenvalue weighted by molar-refractivity contribution is -0.116. The topological polar surface area (TPSA) is 71.9 Å². The average Bonchev–Trinajstić information content (AvgIpc) is 3.46. The number of anilines is 1. The molecule has 0 fully saturated rings. The van der Waals surface area contributed by atoms with Crippen LogP contribution in [0.25, 0.3) is 11.3 Å². The molecule has 158 valence electrons. The molecule has 0 unspecified atom stereocenters. The predicted octanol–water partition coefficient (Wildman–Crippen LogP) is 4.67. The quantitative estimate of drug-likeness (QED) is 0.371. The molecular weight excluding hydrogens is 388 g/mol. The van der Waals surface area contributed by atoms with Gasteiger partial charge < -0.3 is 15.0 Å². The zero-order chi connectivity index (χ0) is 21.3. The van der Waals surface area contributed by atoms with Crippen LogP contribution in [0.3, 0.4) is 0 Å². The summed E-state index contributed by atoms with van der Waals surface area (Å²) in [6, 6.07) is 24.3. The summed E-state index contributed by atoms with van der Waals surface area (Å²) in [5, 5.41) is 7.20. The summed E-state index contributed by atoms with van der Waals surface area (Å²) in [5.74, 6) is -0.0317. The Labute approximate surface area is 181 Å². The predicted molar refractivity (Wildman–Crippen MR) is 122 cm³/mol. The van der Waals surface area contributed by atoms with E-state index < -0.39 is 0 Å². The van der Waals surface area contributed by atoms with Crippen molar-refractivity contribution in [1.29, 1.82) is 0 Å². The summed E-state index contributed by atoms with van der Waals surface area (Å²) in [4.78, 5) is 15.7. The molecule has 0 spiro atoms. The molecule has 0 bridgehead atoms. The summed E-state index contributed by atoms with van der Waals surface area (Å²) >= 11 is 0. The second-order valence-corrected chi connectivity index (χ2v) is 7.34. The lowest BCUT2D eigenvalue weighted by atomic mass is 10.2. The van der Waals surface area contributed by atoms with E-state index in [1.54, 1.807) is 10.9 Å². The maximum atomic E-state index is 12.3. The second-order valence-electron chi connectivity index (χ2n) is 7.34. The van der Waals surface area contributed by atoms with Gasteiger partial charge in [0.2, 0.25) is 5.91 Å². The van der Waals surface area contributed by atoms with Gasteiger partial charge in [0.15, 0.2) is 0 Å². The monoisotopic (exact) mass is 414 g/mol. The number of hydrogen-bond donors (Lipinski definition) is 2. The number of nitrogens with one attached hydrogen (secondary N) is 2. The van der Waals surface area contributed by atoms with Gasteiger partial charge in [0, 0.05) is 24.0 Å². The lowest BCUT2D eigenvalue weighted by Gasteiger charge is -2.05. The van der Waals surface area contributed by atoms with Crippen LogP contribution in [-0.4, -0.2) is 27.3 Å². The molecule has 4 aromatic rings. The van der Waals surface area contributed by atoms with E-state index >= 15 is 0 Å². The standard InChI is InChI=1S/C25H26N4O2/c30-25(14-12-22-11-13-24(27-22)21-9-5-2-6-10-21)28-23-17-26-29(18-23)15-16-31-19-20-7-3-1-4-8-20/h1-11,13,17-18,27H,12,14-16,19H2,(H,28,30). The van der Waals surface area contributed by atoms with Crippen LogP contribution >= 0.6 is 0 Å². The van der Waals surface area contributed by atoms with Crippen molar-refractivity contribution in [3.05, 3.63) is 96.4 Å². The number of aryl methyl sites for hydroxylation is 1. The highest BCUT2D eigenvalue weighted by Gasteiger charge is 2.07. The molecule has 6 heteroatoms. The van der Waals surface area contributed by atoms with Crippen LogP contribution in [0, 0.1) is 0 Å². The first-order chi connectivity index (χ1) is 15.3.